The van der Waals surface area contributed by atoms with Crippen LogP contribution < -0.4 is 10.5 Å². The van der Waals surface area contributed by atoms with Gasteiger partial charge in [0.1, 0.15) is 0 Å². The third-order valence-electron chi connectivity index (χ3n) is 1.69. The Bertz CT molecular complexity index is 389. The van der Waals surface area contributed by atoms with Crippen LogP contribution in [0.4, 0.5) is 0 Å². The normalized spacial score (nSPS) is 11.1. The lowest BCUT2D eigenvalue weighted by Gasteiger charge is -2.00. The Morgan fingerprint density at radius 3 is 2.73 bits per heavy atom. The van der Waals surface area contributed by atoms with Crippen LogP contribution in [0.25, 0.3) is 0 Å². The van der Waals surface area contributed by atoms with E-state index in [1.807, 2.05) is 6.92 Å². The van der Waals surface area contributed by atoms with Gasteiger partial charge >= 0.3 is 0 Å². The topological polar surface area (TPSA) is 90.0 Å². The maximum Gasteiger partial charge on any atom is 0.259 e. The molecule has 15 heavy (non-hydrogen) atoms. The van der Waals surface area contributed by atoms with Gasteiger partial charge in [-0.25, -0.2) is 18.1 Å². The Hall–Kier alpha value is -0.630. The highest BCUT2D eigenvalue weighted by Gasteiger charge is 2.15. The van der Waals surface area contributed by atoms with E-state index in [9.17, 15) is 8.42 Å². The summed E-state index contributed by atoms with van der Waals surface area (Å²) in [4.78, 5) is 3.78. The van der Waals surface area contributed by atoms with E-state index < -0.39 is 10.0 Å². The van der Waals surface area contributed by atoms with Crippen LogP contribution in [-0.2, 0) is 16.6 Å². The van der Waals surface area contributed by atoms with Gasteiger partial charge in [0.05, 0.1) is 6.33 Å². The van der Waals surface area contributed by atoms with Crippen molar-refractivity contribution < 1.29 is 8.42 Å². The number of imidazole rings is 1. The van der Waals surface area contributed by atoms with Crippen LogP contribution in [0.15, 0.2) is 17.6 Å². The van der Waals surface area contributed by atoms with E-state index in [1.165, 1.54) is 12.5 Å². The van der Waals surface area contributed by atoms with Gasteiger partial charge in [0, 0.05) is 25.8 Å². The molecule has 1 rings (SSSR count). The number of nitrogens with two attached hydrogens (primary N) is 1. The van der Waals surface area contributed by atoms with E-state index in [1.54, 1.807) is 4.57 Å². The number of aromatic nitrogens is 2. The Morgan fingerprint density at radius 2 is 2.27 bits per heavy atom. The Kier molecular flexibility index (Phi) is 5.81. The zero-order valence-corrected chi connectivity index (χ0v) is 10.0. The smallest absolute Gasteiger partial charge is 0.259 e. The van der Waals surface area contributed by atoms with Gasteiger partial charge < -0.3 is 10.3 Å². The molecule has 0 atom stereocenters. The van der Waals surface area contributed by atoms with E-state index in [0.717, 1.165) is 0 Å². The molecular weight excluding hydrogens is 240 g/mol. The van der Waals surface area contributed by atoms with Crippen LogP contribution >= 0.6 is 12.4 Å². The number of halogens is 1. The first-order chi connectivity index (χ1) is 6.60. The van der Waals surface area contributed by atoms with Gasteiger partial charge in [0.2, 0.25) is 0 Å². The van der Waals surface area contributed by atoms with Crippen molar-refractivity contribution in [3.05, 3.63) is 12.5 Å². The largest absolute Gasteiger partial charge is 0.336 e. The molecule has 0 aliphatic carbocycles. The molecule has 0 aliphatic heterocycles. The fourth-order valence-electron chi connectivity index (χ4n) is 0.919. The van der Waals surface area contributed by atoms with Crippen molar-refractivity contribution in [2.45, 2.75) is 18.5 Å². The summed E-state index contributed by atoms with van der Waals surface area (Å²) in [5.74, 6) is 0. The van der Waals surface area contributed by atoms with E-state index in [0.29, 0.717) is 6.54 Å². The molecular formula is C7H15ClN4O2S. The first-order valence-corrected chi connectivity index (χ1v) is 5.80. The first-order valence-electron chi connectivity index (χ1n) is 4.31. The van der Waals surface area contributed by atoms with Gasteiger partial charge in [0.25, 0.3) is 10.0 Å². The van der Waals surface area contributed by atoms with Crippen LogP contribution in [0.1, 0.15) is 6.92 Å². The highest BCUT2D eigenvalue weighted by atomic mass is 35.5. The summed E-state index contributed by atoms with van der Waals surface area (Å²) in [7, 11) is -3.47. The standard InChI is InChI=1S/C7H14N4O2S.ClH/c1-2-11-5-7(9-6-11)14(12,13)10-4-3-8;/h5-6,10H,2-4,8H2,1H3;1H. The Balaban J connectivity index is 0.00000196. The minimum absolute atomic E-state index is 0. The Morgan fingerprint density at radius 1 is 1.60 bits per heavy atom. The molecule has 3 N–H and O–H groups in total. The van der Waals surface area contributed by atoms with Gasteiger partial charge in [-0.1, -0.05) is 0 Å². The zero-order chi connectivity index (χ0) is 10.6. The maximum atomic E-state index is 11.5. The van der Waals surface area contributed by atoms with Crippen molar-refractivity contribution in [3.8, 4) is 0 Å². The van der Waals surface area contributed by atoms with Crippen molar-refractivity contribution in [2.24, 2.45) is 5.73 Å². The lowest BCUT2D eigenvalue weighted by molar-refractivity contribution is 0.578. The number of sulfonamides is 1. The molecule has 0 saturated heterocycles. The highest BCUT2D eigenvalue weighted by molar-refractivity contribution is 7.89. The van der Waals surface area contributed by atoms with Gasteiger partial charge in [-0.15, -0.1) is 12.4 Å². The molecule has 1 aromatic rings. The lowest BCUT2D eigenvalue weighted by atomic mass is 10.7. The number of aryl methyl sites for hydroxylation is 1. The fraction of sp³-hybridized carbons (Fsp3) is 0.571. The second kappa shape index (κ2) is 6.06. The summed E-state index contributed by atoms with van der Waals surface area (Å²) in [5, 5.41) is 0.0350. The predicted molar refractivity (Wildman–Crippen MR) is 59.4 cm³/mol. The van der Waals surface area contributed by atoms with Crippen LogP contribution in [-0.4, -0.2) is 31.1 Å². The van der Waals surface area contributed by atoms with E-state index in [2.05, 4.69) is 9.71 Å². The molecule has 88 valence electrons. The van der Waals surface area contributed by atoms with E-state index in [4.69, 9.17) is 5.73 Å². The van der Waals surface area contributed by atoms with Gasteiger partial charge in [0.15, 0.2) is 5.03 Å². The SMILES string of the molecule is CCn1cnc(S(=O)(=O)NCCN)c1.Cl. The molecule has 0 radical (unpaired) electrons. The van der Waals surface area contributed by atoms with Crippen LogP contribution in [0, 0.1) is 0 Å². The van der Waals surface area contributed by atoms with Crippen molar-refractivity contribution >= 4 is 22.4 Å². The quantitative estimate of drug-likeness (QED) is 0.746. The molecule has 6 nitrogen and oxygen atoms in total. The number of hydrogen-bond acceptors (Lipinski definition) is 4. The third kappa shape index (κ3) is 3.78. The molecule has 0 spiro atoms. The van der Waals surface area contributed by atoms with Crippen molar-refractivity contribution in [2.75, 3.05) is 13.1 Å². The van der Waals surface area contributed by atoms with Gasteiger partial charge in [-0.2, -0.15) is 0 Å². The third-order valence-corrected chi connectivity index (χ3v) is 3.03. The minimum atomic E-state index is -3.47. The summed E-state index contributed by atoms with van der Waals surface area (Å²) in [5.41, 5.74) is 5.19. The molecule has 0 fully saturated rings. The molecule has 1 aromatic heterocycles. The first kappa shape index (κ1) is 14.4. The zero-order valence-electron chi connectivity index (χ0n) is 8.38. The van der Waals surface area contributed by atoms with Crippen molar-refractivity contribution in [1.82, 2.24) is 14.3 Å². The number of rotatable bonds is 5. The summed E-state index contributed by atoms with van der Waals surface area (Å²) < 4.78 is 27.0. The number of nitrogens with one attached hydrogen (secondary N) is 1. The molecule has 8 heteroatoms. The van der Waals surface area contributed by atoms with E-state index >= 15 is 0 Å². The average molecular weight is 255 g/mol. The monoisotopic (exact) mass is 254 g/mol. The molecule has 0 aliphatic rings. The Labute approximate surface area is 95.3 Å². The molecule has 0 saturated carbocycles. The molecule has 0 aromatic carbocycles. The lowest BCUT2D eigenvalue weighted by Crippen LogP contribution is -2.29. The van der Waals surface area contributed by atoms with Crippen LogP contribution in [0.5, 0.6) is 0 Å². The highest BCUT2D eigenvalue weighted by Crippen LogP contribution is 2.03. The molecule has 0 bridgehead atoms. The summed E-state index contributed by atoms with van der Waals surface area (Å²) in [6, 6.07) is 0. The summed E-state index contributed by atoms with van der Waals surface area (Å²) >= 11 is 0. The van der Waals surface area contributed by atoms with Crippen LogP contribution in [0.3, 0.4) is 0 Å². The minimum Gasteiger partial charge on any atom is -0.336 e. The summed E-state index contributed by atoms with van der Waals surface area (Å²) in [6.07, 6.45) is 2.97. The average Bonchev–Trinajstić information content (AvgIpc) is 2.63. The van der Waals surface area contributed by atoms with Gasteiger partial charge in [-0.3, -0.25) is 0 Å². The van der Waals surface area contributed by atoms with E-state index in [-0.39, 0.29) is 30.5 Å². The molecule has 1 heterocycles. The van der Waals surface area contributed by atoms with Crippen molar-refractivity contribution in [1.29, 1.82) is 0 Å². The predicted octanol–water partition coefficient (Wildman–Crippen LogP) is -0.438. The van der Waals surface area contributed by atoms with Gasteiger partial charge in [-0.05, 0) is 6.92 Å². The summed E-state index contributed by atoms with van der Waals surface area (Å²) in [6.45, 7) is 3.10. The second-order valence-electron chi connectivity index (χ2n) is 2.73. The second-order valence-corrected chi connectivity index (χ2v) is 4.44. The molecule has 0 unspecified atom stereocenters. The van der Waals surface area contributed by atoms with Crippen molar-refractivity contribution in [3.63, 3.8) is 0 Å². The number of nitrogens with zero attached hydrogens (tertiary/aromatic N) is 2. The maximum absolute atomic E-state index is 11.5. The van der Waals surface area contributed by atoms with Crippen LogP contribution in [0.2, 0.25) is 0 Å². The number of hydrogen-bond donors (Lipinski definition) is 2. The molecule has 0 amide bonds. The fourth-order valence-corrected chi connectivity index (χ4v) is 1.91.